The van der Waals surface area contributed by atoms with Crippen LogP contribution in [0, 0.1) is 6.92 Å². The Morgan fingerprint density at radius 1 is 1.26 bits per heavy atom. The first-order valence-corrected chi connectivity index (χ1v) is 11.1. The highest BCUT2D eigenvalue weighted by molar-refractivity contribution is 7.91. The van der Waals surface area contributed by atoms with Crippen LogP contribution in [0.4, 0.5) is 0 Å². The maximum absolute atomic E-state index is 12.5. The molecule has 0 aliphatic heterocycles. The number of rotatable bonds is 6. The summed E-state index contributed by atoms with van der Waals surface area (Å²) >= 11 is 6.45. The molecule has 1 heterocycles. The van der Waals surface area contributed by atoms with Crippen molar-refractivity contribution in [2.24, 2.45) is 0 Å². The molecule has 0 atom stereocenters. The number of aryl methyl sites for hydroxylation is 1. The highest BCUT2D eigenvalue weighted by Gasteiger charge is 2.24. The van der Waals surface area contributed by atoms with Crippen LogP contribution in [0.25, 0.3) is 0 Å². The van der Waals surface area contributed by atoms with Gasteiger partial charge in [0.25, 0.3) is 10.0 Å². The number of carbonyl (C=O) groups excluding carboxylic acids is 1. The molecule has 1 aromatic carbocycles. The van der Waals surface area contributed by atoms with Gasteiger partial charge in [-0.05, 0) is 72.6 Å². The number of thiocarbonyl (C=S) groups is 1. The van der Waals surface area contributed by atoms with Crippen molar-refractivity contribution in [1.29, 1.82) is 0 Å². The molecule has 27 heavy (non-hydrogen) atoms. The minimum Gasteiger partial charge on any atom is -0.365 e. The largest absolute Gasteiger partial charge is 0.365 e. The zero-order valence-corrected chi connectivity index (χ0v) is 18.1. The van der Waals surface area contributed by atoms with Gasteiger partial charge in [0.05, 0.1) is 16.9 Å². The maximum Gasteiger partial charge on any atom is 0.263 e. The van der Waals surface area contributed by atoms with Gasteiger partial charge in [0, 0.05) is 7.05 Å². The Morgan fingerprint density at radius 3 is 2.56 bits per heavy atom. The van der Waals surface area contributed by atoms with Crippen molar-refractivity contribution in [2.45, 2.75) is 37.6 Å². The van der Waals surface area contributed by atoms with E-state index in [2.05, 4.69) is 15.4 Å². The first kappa shape index (κ1) is 21.3. The van der Waals surface area contributed by atoms with E-state index in [0.717, 1.165) is 5.56 Å². The third-order valence-electron chi connectivity index (χ3n) is 4.06. The van der Waals surface area contributed by atoms with Gasteiger partial charge in [-0.1, -0.05) is 12.1 Å². The Hall–Kier alpha value is -1.97. The normalized spacial score (nSPS) is 11.7. The fraction of sp³-hybridized carbons (Fsp3) is 0.333. The van der Waals surface area contributed by atoms with E-state index in [-0.39, 0.29) is 22.3 Å². The van der Waals surface area contributed by atoms with E-state index in [1.165, 1.54) is 13.1 Å². The topological polar surface area (TPSA) is 87.3 Å². The summed E-state index contributed by atoms with van der Waals surface area (Å²) in [6, 6.07) is 6.91. The molecule has 1 amide bonds. The highest BCUT2D eigenvalue weighted by Crippen LogP contribution is 2.23. The van der Waals surface area contributed by atoms with Gasteiger partial charge in [-0.3, -0.25) is 9.52 Å². The lowest BCUT2D eigenvalue weighted by molar-refractivity contribution is -0.122. The summed E-state index contributed by atoms with van der Waals surface area (Å²) in [5, 5.41) is 9.53. The number of nitrogens with one attached hydrogen (secondary N) is 3. The Morgan fingerprint density at radius 2 is 1.96 bits per heavy atom. The van der Waals surface area contributed by atoms with E-state index in [4.69, 9.17) is 12.2 Å². The van der Waals surface area contributed by atoms with Crippen molar-refractivity contribution >= 4 is 44.6 Å². The summed E-state index contributed by atoms with van der Waals surface area (Å²) in [4.78, 5) is 12.6. The zero-order valence-electron chi connectivity index (χ0n) is 15.6. The average Bonchev–Trinajstić information content (AvgIpc) is 3.11. The standard InChI is InChI=1S/C18H23N3O3S3/c1-12-5-6-13(9-15(12)27(23,24)21-17(25)19-4)10-16(22)20-18(2,3)14-7-8-26-11-14/h5-9,11H,10H2,1-4H3,(H,20,22)(H2,19,21,25). The van der Waals surface area contributed by atoms with Crippen molar-refractivity contribution in [3.8, 4) is 0 Å². The predicted molar refractivity (Wildman–Crippen MR) is 112 cm³/mol. The van der Waals surface area contributed by atoms with Gasteiger partial charge in [-0.15, -0.1) is 0 Å². The van der Waals surface area contributed by atoms with Gasteiger partial charge in [0.15, 0.2) is 5.11 Å². The summed E-state index contributed by atoms with van der Waals surface area (Å²) in [5.74, 6) is -0.183. The molecular formula is C18H23N3O3S3. The number of hydrogen-bond donors (Lipinski definition) is 3. The monoisotopic (exact) mass is 425 g/mol. The van der Waals surface area contributed by atoms with Crippen LogP contribution in [0.15, 0.2) is 39.9 Å². The summed E-state index contributed by atoms with van der Waals surface area (Å²) in [5.41, 5.74) is 1.70. The number of carbonyl (C=O) groups is 1. The number of thiophene rings is 1. The Kier molecular flexibility index (Phi) is 6.61. The summed E-state index contributed by atoms with van der Waals surface area (Å²) in [7, 11) is -2.28. The van der Waals surface area contributed by atoms with Crippen LogP contribution >= 0.6 is 23.6 Å². The molecule has 1 aromatic heterocycles. The second kappa shape index (κ2) is 8.37. The Bertz CT molecular complexity index is 936. The van der Waals surface area contributed by atoms with Crippen LogP contribution in [0.1, 0.15) is 30.5 Å². The minimum atomic E-state index is -3.82. The van der Waals surface area contributed by atoms with Gasteiger partial charge < -0.3 is 10.6 Å². The summed E-state index contributed by atoms with van der Waals surface area (Å²) < 4.78 is 27.3. The molecule has 6 nitrogen and oxygen atoms in total. The summed E-state index contributed by atoms with van der Waals surface area (Å²) in [6.45, 7) is 5.56. The lowest BCUT2D eigenvalue weighted by Gasteiger charge is -2.25. The molecular weight excluding hydrogens is 402 g/mol. The Labute approximate surface area is 169 Å². The SMILES string of the molecule is CNC(=S)NS(=O)(=O)c1cc(CC(=O)NC(C)(C)c2ccsc2)ccc1C. The van der Waals surface area contributed by atoms with Crippen LogP contribution in [0.3, 0.4) is 0 Å². The van der Waals surface area contributed by atoms with Crippen LogP contribution in [-0.2, 0) is 26.8 Å². The molecule has 0 spiro atoms. The average molecular weight is 426 g/mol. The number of sulfonamides is 1. The third kappa shape index (κ3) is 5.50. The van der Waals surface area contributed by atoms with Crippen molar-refractivity contribution in [2.75, 3.05) is 7.05 Å². The summed E-state index contributed by atoms with van der Waals surface area (Å²) in [6.07, 6.45) is 0.0762. The molecule has 146 valence electrons. The van der Waals surface area contributed by atoms with Crippen LogP contribution in [-0.4, -0.2) is 26.5 Å². The molecule has 0 saturated carbocycles. The number of amides is 1. The van der Waals surface area contributed by atoms with Gasteiger partial charge in [-0.25, -0.2) is 8.42 Å². The van der Waals surface area contributed by atoms with Crippen molar-refractivity contribution in [3.05, 3.63) is 51.7 Å². The second-order valence-corrected chi connectivity index (χ2v) is 9.49. The van der Waals surface area contributed by atoms with Gasteiger partial charge >= 0.3 is 0 Å². The van der Waals surface area contributed by atoms with Gasteiger partial charge in [-0.2, -0.15) is 11.3 Å². The predicted octanol–water partition coefficient (Wildman–Crippen LogP) is 2.43. The molecule has 0 aliphatic carbocycles. The molecule has 0 fully saturated rings. The molecule has 2 rings (SSSR count). The van der Waals surface area contributed by atoms with E-state index in [1.54, 1.807) is 30.4 Å². The lowest BCUT2D eigenvalue weighted by atomic mass is 9.97. The number of benzene rings is 1. The molecule has 9 heteroatoms. The second-order valence-electron chi connectivity index (χ2n) is 6.65. The van der Waals surface area contributed by atoms with Crippen LogP contribution in [0.5, 0.6) is 0 Å². The molecule has 0 bridgehead atoms. The maximum atomic E-state index is 12.5. The molecule has 0 radical (unpaired) electrons. The molecule has 0 unspecified atom stereocenters. The van der Waals surface area contributed by atoms with Gasteiger partial charge in [0.2, 0.25) is 5.91 Å². The number of hydrogen-bond acceptors (Lipinski definition) is 5. The van der Waals surface area contributed by atoms with E-state index < -0.39 is 15.6 Å². The van der Waals surface area contributed by atoms with E-state index in [0.29, 0.717) is 11.1 Å². The van der Waals surface area contributed by atoms with Gasteiger partial charge in [0.1, 0.15) is 0 Å². The Balaban J connectivity index is 2.18. The quantitative estimate of drug-likeness (QED) is 0.619. The van der Waals surface area contributed by atoms with Crippen LogP contribution in [0.2, 0.25) is 0 Å². The minimum absolute atomic E-state index is 0.00931. The molecule has 0 aliphatic rings. The lowest BCUT2D eigenvalue weighted by Crippen LogP contribution is -2.41. The zero-order chi connectivity index (χ0) is 20.2. The smallest absolute Gasteiger partial charge is 0.263 e. The van der Waals surface area contributed by atoms with E-state index >= 15 is 0 Å². The first-order valence-electron chi connectivity index (χ1n) is 8.23. The van der Waals surface area contributed by atoms with E-state index in [9.17, 15) is 13.2 Å². The fourth-order valence-corrected chi connectivity index (χ4v) is 4.95. The fourth-order valence-electron chi connectivity index (χ4n) is 2.54. The van der Waals surface area contributed by atoms with Crippen molar-refractivity contribution in [1.82, 2.24) is 15.4 Å². The highest BCUT2D eigenvalue weighted by atomic mass is 32.2. The molecule has 0 saturated heterocycles. The first-order chi connectivity index (χ1) is 12.5. The van der Waals surface area contributed by atoms with Crippen molar-refractivity contribution < 1.29 is 13.2 Å². The molecule has 2 aromatic rings. The van der Waals surface area contributed by atoms with Crippen LogP contribution < -0.4 is 15.4 Å². The van der Waals surface area contributed by atoms with Crippen molar-refractivity contribution in [3.63, 3.8) is 0 Å². The van der Waals surface area contributed by atoms with E-state index in [1.807, 2.05) is 30.7 Å². The third-order valence-corrected chi connectivity index (χ3v) is 6.67. The molecule has 3 N–H and O–H groups in total.